The van der Waals surface area contributed by atoms with Gasteiger partial charge in [-0.05, 0) is 63.9 Å². The van der Waals surface area contributed by atoms with Gasteiger partial charge in [-0.1, -0.05) is 6.58 Å². The third kappa shape index (κ3) is 4.92. The molecule has 2 bridgehead atoms. The van der Waals surface area contributed by atoms with E-state index in [4.69, 9.17) is 16.3 Å². The van der Waals surface area contributed by atoms with Crippen LogP contribution in [0.5, 0.6) is 0 Å². The van der Waals surface area contributed by atoms with E-state index in [1.807, 2.05) is 4.90 Å². The van der Waals surface area contributed by atoms with Gasteiger partial charge in [-0.15, -0.1) is 11.6 Å². The first kappa shape index (κ1) is 28.9. The first-order chi connectivity index (χ1) is 20.8. The number of piperidine rings is 1. The largest absolute Gasteiger partial charge is 0.374 e. The fourth-order valence-electron chi connectivity index (χ4n) is 9.81. The van der Waals surface area contributed by atoms with E-state index in [9.17, 15) is 9.59 Å². The van der Waals surface area contributed by atoms with Gasteiger partial charge in [0.05, 0.1) is 30.6 Å². The van der Waals surface area contributed by atoms with Crippen LogP contribution in [-0.2, 0) is 9.53 Å². The summed E-state index contributed by atoms with van der Waals surface area (Å²) in [5, 5.41) is 14.5. The molecule has 238 valence electrons. The average Bonchev–Trinajstić information content (AvgIpc) is 3.92. The van der Waals surface area contributed by atoms with E-state index in [2.05, 4.69) is 44.6 Å². The van der Waals surface area contributed by atoms with Crippen LogP contribution in [0.4, 0.5) is 9.18 Å². The Labute approximate surface area is 258 Å². The van der Waals surface area contributed by atoms with Crippen LogP contribution in [0.3, 0.4) is 0 Å². The summed E-state index contributed by atoms with van der Waals surface area (Å²) in [5.74, 6) is 0.462. The zero-order valence-electron chi connectivity index (χ0n) is 25.0. The smallest absolute Gasteiger partial charge is 0.320 e. The Balaban J connectivity index is 1.17. The van der Waals surface area contributed by atoms with E-state index in [0.29, 0.717) is 44.3 Å². The summed E-state index contributed by atoms with van der Waals surface area (Å²) in [6, 6.07) is -0.0326. The zero-order chi connectivity index (χ0) is 29.6. The monoisotopic (exact) mass is 619 g/mol. The second-order valence-electron chi connectivity index (χ2n) is 14.5. The Morgan fingerprint density at radius 1 is 1.05 bits per heavy atom. The van der Waals surface area contributed by atoms with Crippen molar-refractivity contribution in [2.75, 3.05) is 26.3 Å². The standard InChI is InChI=1S/C31H47ClFN7O3/c1-3-23(41)38-9-10-39(15(2)13-38)29-18-11-19(32)27-24-20(33)5-4-6-21(24)43-22-12-17(22)26-28(25(16-7-8-16)34-14-35-26)40(30(18)36-27)31(42)37-29/h3,15-22,24-30,34-36H,1,4-14H2,2H3,(H,37,42)/t15-,17?,18?,19?,20?,21?,22?,24?,25?,26?,27?,28?,29?,30?/m0/s1. The van der Waals surface area contributed by atoms with Gasteiger partial charge in [0, 0.05) is 73.6 Å². The molecule has 0 aromatic carbocycles. The molecule has 8 aliphatic rings. The Kier molecular flexibility index (Phi) is 7.46. The van der Waals surface area contributed by atoms with Gasteiger partial charge < -0.3 is 19.9 Å². The summed E-state index contributed by atoms with van der Waals surface area (Å²) >= 11 is 7.28. The molecule has 13 unspecified atom stereocenters. The summed E-state index contributed by atoms with van der Waals surface area (Å²) in [5.41, 5.74) is 0. The Morgan fingerprint density at radius 2 is 1.86 bits per heavy atom. The highest BCUT2D eigenvalue weighted by atomic mass is 35.5. The number of hydrogen-bond acceptors (Lipinski definition) is 7. The van der Waals surface area contributed by atoms with Gasteiger partial charge in [-0.3, -0.25) is 25.6 Å². The molecule has 0 spiro atoms. The predicted octanol–water partition coefficient (Wildman–Crippen LogP) is 1.56. The van der Waals surface area contributed by atoms with E-state index in [1.54, 1.807) is 0 Å². The highest BCUT2D eigenvalue weighted by molar-refractivity contribution is 6.21. The minimum Gasteiger partial charge on any atom is -0.374 e. The van der Waals surface area contributed by atoms with Gasteiger partial charge in [-0.2, -0.15) is 0 Å². The van der Waals surface area contributed by atoms with Crippen LogP contribution < -0.4 is 21.3 Å². The SMILES string of the molecule is C=CC(=O)N1CCN(C2NC(=O)N3C4NC(C(Cl)CC42)C2C(F)CCCC2OC2CC2C2NCNC(C4CC4)C23)[C@@H](C)C1. The van der Waals surface area contributed by atoms with Crippen molar-refractivity contribution in [3.63, 3.8) is 0 Å². The van der Waals surface area contributed by atoms with Gasteiger partial charge in [-0.25, -0.2) is 9.18 Å². The maximum atomic E-state index is 15.9. The minimum absolute atomic E-state index is 0.000223. The number of alkyl halides is 2. The second-order valence-corrected chi connectivity index (χ2v) is 15.1. The molecule has 5 aliphatic heterocycles. The fourth-order valence-corrected chi connectivity index (χ4v) is 10.3. The van der Waals surface area contributed by atoms with Gasteiger partial charge >= 0.3 is 6.03 Å². The van der Waals surface area contributed by atoms with Crippen molar-refractivity contribution in [2.45, 2.75) is 118 Å². The number of fused-ring (bicyclic) bond motifs is 7. The van der Waals surface area contributed by atoms with Crippen LogP contribution in [0.25, 0.3) is 0 Å². The number of carbonyl (C=O) groups is 2. The third-order valence-corrected chi connectivity index (χ3v) is 12.5. The van der Waals surface area contributed by atoms with Gasteiger partial charge in [0.1, 0.15) is 6.17 Å². The molecule has 5 heterocycles. The van der Waals surface area contributed by atoms with Crippen molar-refractivity contribution in [1.82, 2.24) is 36.0 Å². The summed E-state index contributed by atoms with van der Waals surface area (Å²) in [4.78, 5) is 33.2. The molecule has 0 aromatic rings. The lowest BCUT2D eigenvalue weighted by Crippen LogP contribution is -2.81. The number of nitrogens with zero attached hydrogens (tertiary/aromatic N) is 3. The summed E-state index contributed by atoms with van der Waals surface area (Å²) in [6.07, 6.45) is 6.00. The van der Waals surface area contributed by atoms with Crippen LogP contribution in [0.1, 0.15) is 51.9 Å². The Bertz CT molecular complexity index is 1130. The van der Waals surface area contributed by atoms with Crippen molar-refractivity contribution < 1.29 is 18.7 Å². The number of rotatable bonds is 3. The van der Waals surface area contributed by atoms with Gasteiger partial charge in [0.25, 0.3) is 0 Å². The van der Waals surface area contributed by atoms with E-state index in [1.165, 1.54) is 18.9 Å². The number of piperazine rings is 1. The number of urea groups is 1. The lowest BCUT2D eigenvalue weighted by atomic mass is 9.74. The molecule has 0 aromatic heterocycles. The van der Waals surface area contributed by atoms with Crippen molar-refractivity contribution in [2.24, 2.45) is 23.7 Å². The minimum atomic E-state index is -0.981. The quantitative estimate of drug-likeness (QED) is 0.281. The Hall–Kier alpha value is -1.50. The normalized spacial score (nSPS) is 49.9. The molecule has 0 radical (unpaired) electrons. The van der Waals surface area contributed by atoms with Gasteiger partial charge in [0.15, 0.2) is 0 Å². The highest BCUT2D eigenvalue weighted by Crippen LogP contribution is 2.50. The fraction of sp³-hybridized carbons (Fsp3) is 0.871. The number of carbonyl (C=O) groups excluding carboxylic acids is 2. The lowest BCUT2D eigenvalue weighted by molar-refractivity contribution is -0.131. The molecule has 3 saturated carbocycles. The van der Waals surface area contributed by atoms with E-state index >= 15 is 4.39 Å². The van der Waals surface area contributed by atoms with Crippen LogP contribution in [-0.4, -0.2) is 119 Å². The van der Waals surface area contributed by atoms with Gasteiger partial charge in [0.2, 0.25) is 5.91 Å². The molecule has 43 heavy (non-hydrogen) atoms. The van der Waals surface area contributed by atoms with E-state index in [-0.39, 0.29) is 83.9 Å². The zero-order valence-corrected chi connectivity index (χ0v) is 25.8. The topological polar surface area (TPSA) is 101 Å². The molecule has 3 aliphatic carbocycles. The molecular formula is C31H47ClFN7O3. The van der Waals surface area contributed by atoms with Crippen molar-refractivity contribution in [1.29, 1.82) is 0 Å². The molecule has 10 nitrogen and oxygen atoms in total. The molecule has 3 amide bonds. The Morgan fingerprint density at radius 3 is 2.63 bits per heavy atom. The molecular weight excluding hydrogens is 573 g/mol. The molecule has 5 saturated heterocycles. The molecule has 12 heteroatoms. The highest BCUT2D eigenvalue weighted by Gasteiger charge is 2.62. The predicted molar refractivity (Wildman–Crippen MR) is 160 cm³/mol. The number of amides is 3. The lowest BCUT2D eigenvalue weighted by Gasteiger charge is -2.60. The molecule has 4 N–H and O–H groups in total. The maximum Gasteiger partial charge on any atom is 0.320 e. The van der Waals surface area contributed by atoms with Crippen LogP contribution in [0.2, 0.25) is 0 Å². The first-order valence-corrected chi connectivity index (χ1v) is 17.2. The second kappa shape index (κ2) is 11.1. The van der Waals surface area contributed by atoms with Crippen LogP contribution in [0, 0.1) is 23.7 Å². The summed E-state index contributed by atoms with van der Waals surface area (Å²) < 4.78 is 22.7. The van der Waals surface area contributed by atoms with Crippen molar-refractivity contribution in [3.05, 3.63) is 12.7 Å². The average molecular weight is 620 g/mol. The number of hydrogen-bond donors (Lipinski definition) is 4. The van der Waals surface area contributed by atoms with E-state index in [0.717, 1.165) is 25.9 Å². The summed E-state index contributed by atoms with van der Waals surface area (Å²) in [7, 11) is 0. The van der Waals surface area contributed by atoms with Crippen molar-refractivity contribution >= 4 is 23.5 Å². The molecule has 8 fully saturated rings. The maximum absolute atomic E-state index is 15.9. The van der Waals surface area contributed by atoms with E-state index < -0.39 is 6.17 Å². The van der Waals surface area contributed by atoms with Crippen molar-refractivity contribution in [3.8, 4) is 0 Å². The number of ether oxygens (including phenoxy) is 1. The molecule has 8 rings (SSSR count). The first-order valence-electron chi connectivity index (χ1n) is 16.8. The van der Waals surface area contributed by atoms with Crippen LogP contribution in [0.15, 0.2) is 12.7 Å². The summed E-state index contributed by atoms with van der Waals surface area (Å²) in [6.45, 7) is 8.32. The molecule has 14 atom stereocenters. The van der Waals surface area contributed by atoms with Crippen LogP contribution >= 0.6 is 11.6 Å². The number of halogens is 2. The third-order valence-electron chi connectivity index (χ3n) is 12.1. The number of nitrogens with one attached hydrogen (secondary N) is 4.